The molecule has 0 aliphatic carbocycles. The van der Waals surface area contributed by atoms with Crippen molar-refractivity contribution in [3.05, 3.63) is 63.2 Å². The van der Waals surface area contributed by atoms with Crippen molar-refractivity contribution in [1.82, 2.24) is 5.32 Å². The van der Waals surface area contributed by atoms with E-state index in [4.69, 9.17) is 16.3 Å². The normalized spacial score (nSPS) is 10.2. The number of anilines is 1. The summed E-state index contributed by atoms with van der Waals surface area (Å²) in [6.07, 6.45) is 0. The Hall–Kier alpha value is -2.80. The molecule has 0 saturated heterocycles. The van der Waals surface area contributed by atoms with Crippen molar-refractivity contribution >= 4 is 28.9 Å². The van der Waals surface area contributed by atoms with Crippen LogP contribution in [0.5, 0.6) is 5.75 Å². The van der Waals surface area contributed by atoms with Crippen LogP contribution in [0.25, 0.3) is 0 Å². The highest BCUT2D eigenvalue weighted by Gasteiger charge is 2.09. The number of nitrogens with one attached hydrogen (secondary N) is 2. The van der Waals surface area contributed by atoms with E-state index in [-0.39, 0.29) is 23.2 Å². The SMILES string of the molecule is Cc1ccc(OCC(=O)NCCNc2ccc([N+](=O)[O-])cc2Cl)cc1. The number of amides is 1. The molecule has 0 spiro atoms. The van der Waals surface area contributed by atoms with Gasteiger partial charge in [-0.3, -0.25) is 14.9 Å². The van der Waals surface area contributed by atoms with Crippen LogP contribution in [-0.4, -0.2) is 30.5 Å². The van der Waals surface area contributed by atoms with Crippen LogP contribution in [0, 0.1) is 17.0 Å². The number of carbonyl (C=O) groups is 1. The molecule has 0 aliphatic rings. The number of rotatable bonds is 8. The van der Waals surface area contributed by atoms with Crippen LogP contribution < -0.4 is 15.4 Å². The van der Waals surface area contributed by atoms with E-state index >= 15 is 0 Å². The number of nitro groups is 1. The van der Waals surface area contributed by atoms with E-state index in [1.165, 1.54) is 18.2 Å². The minimum absolute atomic E-state index is 0.0681. The lowest BCUT2D eigenvalue weighted by molar-refractivity contribution is -0.384. The first-order valence-corrected chi connectivity index (χ1v) is 7.97. The first-order valence-electron chi connectivity index (χ1n) is 7.59. The van der Waals surface area contributed by atoms with Crippen LogP contribution >= 0.6 is 11.6 Å². The lowest BCUT2D eigenvalue weighted by atomic mass is 10.2. The summed E-state index contributed by atoms with van der Waals surface area (Å²) in [5, 5.41) is 16.6. The van der Waals surface area contributed by atoms with E-state index in [9.17, 15) is 14.9 Å². The van der Waals surface area contributed by atoms with Crippen LogP contribution in [0.3, 0.4) is 0 Å². The summed E-state index contributed by atoms with van der Waals surface area (Å²) in [6, 6.07) is 11.6. The molecule has 0 atom stereocenters. The molecular formula is C17H18ClN3O4. The van der Waals surface area contributed by atoms with Gasteiger partial charge in [-0.1, -0.05) is 29.3 Å². The molecule has 2 rings (SSSR count). The molecule has 0 fully saturated rings. The number of benzene rings is 2. The topological polar surface area (TPSA) is 93.5 Å². The molecule has 2 aromatic rings. The molecule has 132 valence electrons. The molecule has 1 amide bonds. The maximum atomic E-state index is 11.7. The van der Waals surface area contributed by atoms with Gasteiger partial charge in [0.25, 0.3) is 11.6 Å². The van der Waals surface area contributed by atoms with Gasteiger partial charge in [0.05, 0.1) is 15.6 Å². The summed E-state index contributed by atoms with van der Waals surface area (Å²) in [7, 11) is 0. The quantitative estimate of drug-likeness (QED) is 0.427. The molecule has 0 heterocycles. The predicted molar refractivity (Wildman–Crippen MR) is 96.3 cm³/mol. The highest BCUT2D eigenvalue weighted by Crippen LogP contribution is 2.26. The lowest BCUT2D eigenvalue weighted by Gasteiger charge is -2.10. The number of ether oxygens (including phenoxy) is 1. The Bertz CT molecular complexity index is 750. The number of nitro benzene ring substituents is 1. The van der Waals surface area contributed by atoms with Gasteiger partial charge in [0, 0.05) is 25.2 Å². The van der Waals surface area contributed by atoms with E-state index in [1.807, 2.05) is 19.1 Å². The van der Waals surface area contributed by atoms with Crippen LogP contribution in [0.15, 0.2) is 42.5 Å². The molecular weight excluding hydrogens is 346 g/mol. The third-order valence-electron chi connectivity index (χ3n) is 3.32. The maximum Gasteiger partial charge on any atom is 0.271 e. The van der Waals surface area contributed by atoms with E-state index in [0.29, 0.717) is 24.5 Å². The zero-order valence-corrected chi connectivity index (χ0v) is 14.4. The molecule has 8 heteroatoms. The molecule has 2 N–H and O–H groups in total. The van der Waals surface area contributed by atoms with Gasteiger partial charge in [0.1, 0.15) is 5.75 Å². The highest BCUT2D eigenvalue weighted by atomic mass is 35.5. The van der Waals surface area contributed by atoms with Crippen LogP contribution in [0.4, 0.5) is 11.4 Å². The largest absolute Gasteiger partial charge is 0.484 e. The van der Waals surface area contributed by atoms with Gasteiger partial charge in [-0.25, -0.2) is 0 Å². The van der Waals surface area contributed by atoms with Gasteiger partial charge < -0.3 is 15.4 Å². The first kappa shape index (κ1) is 18.5. The molecule has 0 aromatic heterocycles. The van der Waals surface area contributed by atoms with E-state index in [2.05, 4.69) is 10.6 Å². The number of carbonyl (C=O) groups excluding carboxylic acids is 1. The van der Waals surface area contributed by atoms with Gasteiger partial charge in [-0.15, -0.1) is 0 Å². The van der Waals surface area contributed by atoms with E-state index in [0.717, 1.165) is 5.56 Å². The number of nitrogens with zero attached hydrogens (tertiary/aromatic N) is 1. The summed E-state index contributed by atoms with van der Waals surface area (Å²) in [5.74, 6) is 0.397. The summed E-state index contributed by atoms with van der Waals surface area (Å²) in [4.78, 5) is 21.9. The summed E-state index contributed by atoms with van der Waals surface area (Å²) in [5.41, 5.74) is 1.61. The van der Waals surface area contributed by atoms with Crippen molar-refractivity contribution in [2.75, 3.05) is 25.0 Å². The molecule has 0 unspecified atom stereocenters. The Morgan fingerprint density at radius 3 is 2.56 bits per heavy atom. The van der Waals surface area contributed by atoms with Crippen molar-refractivity contribution in [1.29, 1.82) is 0 Å². The molecule has 0 saturated carbocycles. The van der Waals surface area contributed by atoms with Crippen LogP contribution in [0.1, 0.15) is 5.56 Å². The molecule has 25 heavy (non-hydrogen) atoms. The van der Waals surface area contributed by atoms with Crippen LogP contribution in [0.2, 0.25) is 5.02 Å². The van der Waals surface area contributed by atoms with E-state index < -0.39 is 4.92 Å². The van der Waals surface area contributed by atoms with Gasteiger partial charge >= 0.3 is 0 Å². The number of non-ortho nitro benzene ring substituents is 1. The second-order valence-corrected chi connectivity index (χ2v) is 5.71. The van der Waals surface area contributed by atoms with E-state index in [1.54, 1.807) is 12.1 Å². The van der Waals surface area contributed by atoms with Gasteiger partial charge in [0.15, 0.2) is 6.61 Å². The zero-order valence-electron chi connectivity index (χ0n) is 13.6. The smallest absolute Gasteiger partial charge is 0.271 e. The number of hydrogen-bond donors (Lipinski definition) is 2. The zero-order chi connectivity index (χ0) is 18.2. The Balaban J connectivity index is 1.69. The van der Waals surface area contributed by atoms with Crippen molar-refractivity contribution in [3.8, 4) is 5.75 Å². The number of aryl methyl sites for hydroxylation is 1. The fraction of sp³-hybridized carbons (Fsp3) is 0.235. The Kier molecular flexibility index (Phi) is 6.59. The molecule has 2 aromatic carbocycles. The molecule has 7 nitrogen and oxygen atoms in total. The third-order valence-corrected chi connectivity index (χ3v) is 3.63. The predicted octanol–water partition coefficient (Wildman–Crippen LogP) is 3.16. The third kappa shape index (κ3) is 5.96. The fourth-order valence-corrected chi connectivity index (χ4v) is 2.24. The minimum Gasteiger partial charge on any atom is -0.484 e. The monoisotopic (exact) mass is 363 g/mol. The van der Waals surface area contributed by atoms with Crippen molar-refractivity contribution in [3.63, 3.8) is 0 Å². The second-order valence-electron chi connectivity index (χ2n) is 5.30. The van der Waals surface area contributed by atoms with Crippen LogP contribution in [-0.2, 0) is 4.79 Å². The van der Waals surface area contributed by atoms with Crippen molar-refractivity contribution in [2.24, 2.45) is 0 Å². The van der Waals surface area contributed by atoms with Crippen molar-refractivity contribution in [2.45, 2.75) is 6.92 Å². The first-order chi connectivity index (χ1) is 12.0. The standard InChI is InChI=1S/C17H18ClN3O4/c1-12-2-5-14(6-3-12)25-11-17(22)20-9-8-19-16-7-4-13(21(23)24)10-15(16)18/h2-7,10,19H,8-9,11H2,1H3,(H,20,22). The number of hydrogen-bond acceptors (Lipinski definition) is 5. The van der Waals surface area contributed by atoms with Gasteiger partial charge in [-0.05, 0) is 25.1 Å². The average Bonchev–Trinajstić information content (AvgIpc) is 2.59. The highest BCUT2D eigenvalue weighted by molar-refractivity contribution is 6.33. The minimum atomic E-state index is -0.510. The summed E-state index contributed by atoms with van der Waals surface area (Å²) >= 11 is 5.97. The summed E-state index contributed by atoms with van der Waals surface area (Å²) in [6.45, 7) is 2.69. The Morgan fingerprint density at radius 1 is 1.20 bits per heavy atom. The van der Waals surface area contributed by atoms with Crippen molar-refractivity contribution < 1.29 is 14.5 Å². The second kappa shape index (κ2) is 8.89. The van der Waals surface area contributed by atoms with Gasteiger partial charge in [0.2, 0.25) is 0 Å². The number of halogens is 1. The molecule has 0 aliphatic heterocycles. The average molecular weight is 364 g/mol. The fourth-order valence-electron chi connectivity index (χ4n) is 1.99. The Labute approximate surface area is 150 Å². The molecule has 0 radical (unpaired) electrons. The summed E-state index contributed by atoms with van der Waals surface area (Å²) < 4.78 is 5.38. The van der Waals surface area contributed by atoms with Gasteiger partial charge in [-0.2, -0.15) is 0 Å². The molecule has 0 bridgehead atoms. The maximum absolute atomic E-state index is 11.7. The Morgan fingerprint density at radius 2 is 1.92 bits per heavy atom. The lowest BCUT2D eigenvalue weighted by Crippen LogP contribution is -2.32.